The van der Waals surface area contributed by atoms with E-state index in [0.717, 1.165) is 0 Å². The predicted octanol–water partition coefficient (Wildman–Crippen LogP) is 0.274. The Kier molecular flexibility index (Phi) is 3.32. The van der Waals surface area contributed by atoms with Gasteiger partial charge in [0.1, 0.15) is 0 Å². The van der Waals surface area contributed by atoms with Gasteiger partial charge in [0.2, 0.25) is 10.0 Å². The van der Waals surface area contributed by atoms with Crippen molar-refractivity contribution in [2.75, 3.05) is 9.81 Å². The zero-order chi connectivity index (χ0) is 11.5. The van der Waals surface area contributed by atoms with Crippen molar-refractivity contribution < 1.29 is 21.4 Å². The summed E-state index contributed by atoms with van der Waals surface area (Å²) in [7, 11) is -8.63. The van der Waals surface area contributed by atoms with E-state index in [0.29, 0.717) is 0 Å². The van der Waals surface area contributed by atoms with Gasteiger partial charge in [-0.15, -0.1) is 0 Å². The van der Waals surface area contributed by atoms with Gasteiger partial charge in [-0.25, -0.2) is 8.42 Å². The second-order valence-corrected chi connectivity index (χ2v) is 6.32. The van der Waals surface area contributed by atoms with E-state index in [4.69, 9.17) is 4.55 Å². The number of hydrogen-bond acceptors (Lipinski definition) is 4. The first-order valence-electron chi connectivity index (χ1n) is 3.79. The van der Waals surface area contributed by atoms with Crippen LogP contribution in [0.5, 0.6) is 0 Å². The molecule has 1 aromatic carbocycles. The lowest BCUT2D eigenvalue weighted by Crippen LogP contribution is -2.22. The molecule has 0 aromatic heterocycles. The predicted molar refractivity (Wildman–Crippen MR) is 55.4 cm³/mol. The standard InChI is InChI=1S/C7H9NO5S2/c9-14(10,6-15(11,12)13)8-7-4-2-1-3-5-7/h1-5,8H,6H2,(H,11,12,13). The smallest absolute Gasteiger partial charge is 0.281 e. The maximum atomic E-state index is 11.2. The van der Waals surface area contributed by atoms with Crippen molar-refractivity contribution in [3.05, 3.63) is 30.3 Å². The summed E-state index contributed by atoms with van der Waals surface area (Å²) in [6.07, 6.45) is 0. The van der Waals surface area contributed by atoms with Crippen LogP contribution in [-0.4, -0.2) is 26.5 Å². The maximum absolute atomic E-state index is 11.2. The molecule has 1 rings (SSSR count). The molecule has 0 fully saturated rings. The van der Waals surface area contributed by atoms with Crippen molar-refractivity contribution in [1.29, 1.82) is 0 Å². The van der Waals surface area contributed by atoms with Crippen molar-refractivity contribution in [3.8, 4) is 0 Å². The van der Waals surface area contributed by atoms with Gasteiger partial charge in [-0.05, 0) is 12.1 Å². The highest BCUT2D eigenvalue weighted by molar-refractivity contribution is 8.06. The summed E-state index contributed by atoms with van der Waals surface area (Å²) in [5.74, 6) is 0. The molecule has 0 spiro atoms. The summed E-state index contributed by atoms with van der Waals surface area (Å²) in [6.45, 7) is 0. The Labute approximate surface area is 87.7 Å². The van der Waals surface area contributed by atoms with Crippen LogP contribution in [0.25, 0.3) is 0 Å². The highest BCUT2D eigenvalue weighted by Gasteiger charge is 2.19. The second-order valence-electron chi connectivity index (χ2n) is 2.78. The molecular formula is C7H9NO5S2. The molecule has 15 heavy (non-hydrogen) atoms. The quantitative estimate of drug-likeness (QED) is 0.748. The number of hydrogen-bond donors (Lipinski definition) is 2. The molecule has 84 valence electrons. The Morgan fingerprint density at radius 2 is 1.60 bits per heavy atom. The van der Waals surface area contributed by atoms with E-state index in [1.54, 1.807) is 18.2 Å². The molecule has 0 saturated carbocycles. The van der Waals surface area contributed by atoms with Crippen LogP contribution in [0.1, 0.15) is 0 Å². The molecule has 8 heteroatoms. The average molecular weight is 251 g/mol. The molecule has 1 aromatic rings. The largest absolute Gasteiger partial charge is 0.285 e. The third-order valence-corrected chi connectivity index (χ3v) is 4.33. The number of sulfonamides is 1. The Morgan fingerprint density at radius 1 is 1.07 bits per heavy atom. The van der Waals surface area contributed by atoms with Gasteiger partial charge in [-0.2, -0.15) is 8.42 Å². The van der Waals surface area contributed by atoms with Crippen molar-refractivity contribution in [3.63, 3.8) is 0 Å². The van der Waals surface area contributed by atoms with Gasteiger partial charge in [0.15, 0.2) is 5.08 Å². The monoisotopic (exact) mass is 251 g/mol. The normalized spacial score (nSPS) is 12.3. The van der Waals surface area contributed by atoms with Crippen LogP contribution >= 0.6 is 0 Å². The molecule has 0 saturated heterocycles. The molecule has 0 atom stereocenters. The minimum absolute atomic E-state index is 0.237. The van der Waals surface area contributed by atoms with Crippen molar-refractivity contribution in [2.45, 2.75) is 0 Å². The lowest BCUT2D eigenvalue weighted by atomic mass is 10.3. The molecule has 2 N–H and O–H groups in total. The number of para-hydroxylation sites is 1. The molecule has 0 unspecified atom stereocenters. The summed E-state index contributed by atoms with van der Waals surface area (Å²) in [6, 6.07) is 7.78. The minimum Gasteiger partial charge on any atom is -0.285 e. The molecule has 0 aliphatic carbocycles. The minimum atomic E-state index is -4.55. The van der Waals surface area contributed by atoms with E-state index in [-0.39, 0.29) is 5.69 Å². The first-order valence-corrected chi connectivity index (χ1v) is 7.05. The van der Waals surface area contributed by atoms with E-state index >= 15 is 0 Å². The van der Waals surface area contributed by atoms with E-state index in [1.807, 2.05) is 4.72 Å². The zero-order valence-corrected chi connectivity index (χ0v) is 9.12. The number of rotatable bonds is 4. The average Bonchev–Trinajstić information content (AvgIpc) is 1.99. The first kappa shape index (κ1) is 12.0. The molecule has 6 nitrogen and oxygen atoms in total. The summed E-state index contributed by atoms with van der Waals surface area (Å²) >= 11 is 0. The van der Waals surface area contributed by atoms with Crippen molar-refractivity contribution >= 4 is 25.8 Å². The number of benzene rings is 1. The van der Waals surface area contributed by atoms with E-state index < -0.39 is 25.2 Å². The topological polar surface area (TPSA) is 101 Å². The van der Waals surface area contributed by atoms with Crippen molar-refractivity contribution in [1.82, 2.24) is 0 Å². The maximum Gasteiger partial charge on any atom is 0.281 e. The fraction of sp³-hybridized carbons (Fsp3) is 0.143. The van der Waals surface area contributed by atoms with E-state index in [1.165, 1.54) is 12.1 Å². The summed E-state index contributed by atoms with van der Waals surface area (Å²) in [5, 5.41) is -1.35. The molecule has 0 aliphatic rings. The second kappa shape index (κ2) is 4.17. The fourth-order valence-corrected chi connectivity index (χ4v) is 3.21. The van der Waals surface area contributed by atoms with Crippen LogP contribution in [0.2, 0.25) is 0 Å². The van der Waals surface area contributed by atoms with Crippen molar-refractivity contribution in [2.24, 2.45) is 0 Å². The van der Waals surface area contributed by atoms with Crippen LogP contribution < -0.4 is 4.72 Å². The van der Waals surface area contributed by atoms with Gasteiger partial charge in [0.05, 0.1) is 0 Å². The Morgan fingerprint density at radius 3 is 2.07 bits per heavy atom. The van der Waals surface area contributed by atoms with Gasteiger partial charge in [-0.1, -0.05) is 18.2 Å². The Hall–Kier alpha value is -1.12. The number of nitrogens with one attached hydrogen (secondary N) is 1. The highest BCUT2D eigenvalue weighted by Crippen LogP contribution is 2.08. The van der Waals surface area contributed by atoms with Gasteiger partial charge >= 0.3 is 0 Å². The van der Waals surface area contributed by atoms with E-state index in [2.05, 4.69) is 0 Å². The van der Waals surface area contributed by atoms with E-state index in [9.17, 15) is 16.8 Å². The zero-order valence-electron chi connectivity index (χ0n) is 7.49. The first-order chi connectivity index (χ1) is 6.79. The van der Waals surface area contributed by atoms with Crippen LogP contribution in [0.4, 0.5) is 5.69 Å². The van der Waals surface area contributed by atoms with Crippen LogP contribution in [-0.2, 0) is 20.1 Å². The molecule has 0 heterocycles. The molecular weight excluding hydrogens is 242 g/mol. The van der Waals surface area contributed by atoms with Gasteiger partial charge in [0, 0.05) is 5.69 Å². The molecule has 0 bridgehead atoms. The molecule has 0 aliphatic heterocycles. The van der Waals surface area contributed by atoms with Gasteiger partial charge in [-0.3, -0.25) is 9.27 Å². The number of anilines is 1. The SMILES string of the molecule is O=S(=O)(O)CS(=O)(=O)Nc1ccccc1. The highest BCUT2D eigenvalue weighted by atomic mass is 32.3. The lowest BCUT2D eigenvalue weighted by Gasteiger charge is -2.05. The van der Waals surface area contributed by atoms with Gasteiger partial charge < -0.3 is 0 Å². The van der Waals surface area contributed by atoms with Crippen LogP contribution in [0, 0.1) is 0 Å². The van der Waals surface area contributed by atoms with Crippen LogP contribution in [0.3, 0.4) is 0 Å². The third-order valence-electron chi connectivity index (χ3n) is 1.35. The molecule has 0 radical (unpaired) electrons. The Balaban J connectivity index is 2.83. The third kappa shape index (κ3) is 4.77. The van der Waals surface area contributed by atoms with Crippen LogP contribution in [0.15, 0.2) is 30.3 Å². The Bertz CT molecular complexity index is 520. The fourth-order valence-electron chi connectivity index (χ4n) is 0.911. The molecule has 0 amide bonds. The summed E-state index contributed by atoms with van der Waals surface area (Å²) in [4.78, 5) is 0. The summed E-state index contributed by atoms with van der Waals surface area (Å²) in [5.41, 5.74) is 0.237. The van der Waals surface area contributed by atoms with Gasteiger partial charge in [0.25, 0.3) is 10.1 Å². The summed E-state index contributed by atoms with van der Waals surface area (Å²) < 4.78 is 53.5. The lowest BCUT2D eigenvalue weighted by molar-refractivity contribution is 0.487.